The van der Waals surface area contributed by atoms with Gasteiger partial charge in [-0.25, -0.2) is 0 Å². The van der Waals surface area contributed by atoms with Crippen molar-refractivity contribution in [2.24, 2.45) is 5.73 Å². The monoisotopic (exact) mass is 482 g/mol. The number of likely N-dealkylation sites (tertiary alicyclic amines) is 1. The maximum Gasteiger partial charge on any atom is 0.253 e. The third-order valence-corrected chi connectivity index (χ3v) is 6.90. The van der Waals surface area contributed by atoms with Crippen LogP contribution in [0.4, 0.5) is 0 Å². The van der Waals surface area contributed by atoms with Crippen LogP contribution in [-0.4, -0.2) is 52.8 Å². The zero-order chi connectivity index (χ0) is 25.5. The van der Waals surface area contributed by atoms with Gasteiger partial charge in [-0.2, -0.15) is 0 Å². The van der Waals surface area contributed by atoms with Crippen LogP contribution >= 0.6 is 0 Å². The fourth-order valence-electron chi connectivity index (χ4n) is 4.83. The summed E-state index contributed by atoms with van der Waals surface area (Å²) >= 11 is 0. The third-order valence-electron chi connectivity index (χ3n) is 6.90. The standard InChI is InChI=1S/C30H34N4O2/c1-3-34(4-2)30(36)27-11-7-24(8-12-27)28(23-5-9-26(10-6-23)29(31)35)25-15-19-33(20-16-25)21-22-13-17-32-18-14-22/h5-14,17-18H,3-4,15-16,19-21H2,1-2H3,(H2,31,35). The zero-order valence-electron chi connectivity index (χ0n) is 21.1. The maximum atomic E-state index is 12.8. The third kappa shape index (κ3) is 5.89. The second-order valence-corrected chi connectivity index (χ2v) is 9.11. The molecule has 0 radical (unpaired) electrons. The highest BCUT2D eigenvalue weighted by molar-refractivity contribution is 5.95. The molecule has 1 saturated heterocycles. The van der Waals surface area contributed by atoms with E-state index >= 15 is 0 Å². The van der Waals surface area contributed by atoms with E-state index in [9.17, 15) is 9.59 Å². The summed E-state index contributed by atoms with van der Waals surface area (Å²) in [6, 6.07) is 19.6. The molecule has 0 atom stereocenters. The summed E-state index contributed by atoms with van der Waals surface area (Å²) in [6.07, 6.45) is 5.59. The molecule has 0 spiro atoms. The minimum atomic E-state index is -0.431. The summed E-state index contributed by atoms with van der Waals surface area (Å²) in [5.74, 6) is -0.379. The van der Waals surface area contributed by atoms with Crippen LogP contribution in [0.1, 0.15) is 64.1 Å². The van der Waals surface area contributed by atoms with Crippen molar-refractivity contribution in [1.29, 1.82) is 0 Å². The quantitative estimate of drug-likeness (QED) is 0.502. The molecular formula is C30H34N4O2. The van der Waals surface area contributed by atoms with E-state index in [2.05, 4.69) is 22.0 Å². The molecule has 6 nitrogen and oxygen atoms in total. The Morgan fingerprint density at radius 2 is 1.31 bits per heavy atom. The van der Waals surface area contributed by atoms with Gasteiger partial charge in [0.1, 0.15) is 0 Å². The number of hydrogen-bond acceptors (Lipinski definition) is 4. The highest BCUT2D eigenvalue weighted by Crippen LogP contribution is 2.33. The molecule has 4 rings (SSSR count). The van der Waals surface area contributed by atoms with E-state index in [1.807, 2.05) is 67.5 Å². The Morgan fingerprint density at radius 3 is 1.81 bits per heavy atom. The summed E-state index contributed by atoms with van der Waals surface area (Å²) in [7, 11) is 0. The normalized spacial score (nSPS) is 13.9. The lowest BCUT2D eigenvalue weighted by molar-refractivity contribution is 0.0772. The maximum absolute atomic E-state index is 12.8. The van der Waals surface area contributed by atoms with Gasteiger partial charge < -0.3 is 10.6 Å². The number of hydrogen-bond donors (Lipinski definition) is 1. The first-order valence-electron chi connectivity index (χ1n) is 12.6. The molecule has 0 aliphatic carbocycles. The van der Waals surface area contributed by atoms with Crippen molar-refractivity contribution in [3.63, 3.8) is 0 Å². The van der Waals surface area contributed by atoms with Crippen molar-refractivity contribution in [1.82, 2.24) is 14.8 Å². The lowest BCUT2D eigenvalue weighted by atomic mass is 9.87. The second-order valence-electron chi connectivity index (χ2n) is 9.11. The van der Waals surface area contributed by atoms with Gasteiger partial charge in [-0.15, -0.1) is 0 Å². The molecule has 1 aliphatic rings. The molecule has 2 N–H and O–H groups in total. The van der Waals surface area contributed by atoms with E-state index in [1.54, 1.807) is 12.1 Å². The van der Waals surface area contributed by atoms with Gasteiger partial charge >= 0.3 is 0 Å². The first kappa shape index (κ1) is 25.3. The van der Waals surface area contributed by atoms with Crippen LogP contribution in [0, 0.1) is 0 Å². The van der Waals surface area contributed by atoms with Gasteiger partial charge in [0.25, 0.3) is 5.91 Å². The van der Waals surface area contributed by atoms with Gasteiger partial charge in [0, 0.05) is 56.2 Å². The number of primary amides is 1. The summed E-state index contributed by atoms with van der Waals surface area (Å²) in [4.78, 5) is 32.8. The smallest absolute Gasteiger partial charge is 0.253 e. The van der Waals surface area contributed by atoms with Crippen LogP contribution in [0.2, 0.25) is 0 Å². The Hall–Kier alpha value is -3.77. The number of nitrogens with two attached hydrogens (primary N) is 1. The molecule has 186 valence electrons. The van der Waals surface area contributed by atoms with Crippen LogP contribution in [0.25, 0.3) is 5.57 Å². The van der Waals surface area contributed by atoms with E-state index in [0.29, 0.717) is 24.2 Å². The highest BCUT2D eigenvalue weighted by Gasteiger charge is 2.20. The molecule has 0 saturated carbocycles. The fourth-order valence-corrected chi connectivity index (χ4v) is 4.83. The lowest BCUT2D eigenvalue weighted by Gasteiger charge is -2.30. The van der Waals surface area contributed by atoms with E-state index in [4.69, 9.17) is 5.73 Å². The second kappa shape index (κ2) is 11.8. The molecule has 36 heavy (non-hydrogen) atoms. The Labute approximate surface area is 213 Å². The van der Waals surface area contributed by atoms with E-state index in [-0.39, 0.29) is 5.91 Å². The number of benzene rings is 2. The zero-order valence-corrected chi connectivity index (χ0v) is 21.1. The molecule has 3 aromatic rings. The number of pyridine rings is 1. The van der Waals surface area contributed by atoms with Gasteiger partial charge in [-0.1, -0.05) is 29.8 Å². The SMILES string of the molecule is CCN(CC)C(=O)c1ccc(C(=C2CCN(Cc3ccncc3)CC2)c2ccc(C(N)=O)cc2)cc1. The van der Waals surface area contributed by atoms with Crippen LogP contribution < -0.4 is 5.73 Å². The number of carbonyl (C=O) groups excluding carboxylic acids is 2. The average molecular weight is 483 g/mol. The topological polar surface area (TPSA) is 79.5 Å². The van der Waals surface area contributed by atoms with Gasteiger partial charge in [0.2, 0.25) is 5.91 Å². The predicted octanol–water partition coefficient (Wildman–Crippen LogP) is 4.76. The largest absolute Gasteiger partial charge is 0.366 e. The molecule has 2 aromatic carbocycles. The average Bonchev–Trinajstić information content (AvgIpc) is 2.92. The van der Waals surface area contributed by atoms with Gasteiger partial charge in [-0.05, 0) is 85.4 Å². The Balaban J connectivity index is 1.63. The van der Waals surface area contributed by atoms with Gasteiger partial charge in [0.05, 0.1) is 0 Å². The number of carbonyl (C=O) groups is 2. The van der Waals surface area contributed by atoms with Crippen molar-refractivity contribution in [2.75, 3.05) is 26.2 Å². The van der Waals surface area contributed by atoms with E-state index in [0.717, 1.165) is 43.6 Å². The van der Waals surface area contributed by atoms with Crippen LogP contribution in [0.3, 0.4) is 0 Å². The first-order chi connectivity index (χ1) is 17.5. The Morgan fingerprint density at radius 1 is 0.806 bits per heavy atom. The number of amides is 2. The summed E-state index contributed by atoms with van der Waals surface area (Å²) in [6.45, 7) is 8.23. The molecule has 1 aromatic heterocycles. The molecule has 1 aliphatic heterocycles. The summed E-state index contributed by atoms with van der Waals surface area (Å²) < 4.78 is 0. The van der Waals surface area contributed by atoms with Crippen molar-refractivity contribution < 1.29 is 9.59 Å². The molecule has 0 unspecified atom stereocenters. The van der Waals surface area contributed by atoms with Gasteiger partial charge in [0.15, 0.2) is 0 Å². The first-order valence-corrected chi connectivity index (χ1v) is 12.6. The molecule has 0 bridgehead atoms. The number of aromatic nitrogens is 1. The summed E-state index contributed by atoms with van der Waals surface area (Å²) in [5, 5.41) is 0. The van der Waals surface area contributed by atoms with Crippen molar-refractivity contribution in [3.8, 4) is 0 Å². The minimum absolute atomic E-state index is 0.0518. The fraction of sp³-hybridized carbons (Fsp3) is 0.300. The minimum Gasteiger partial charge on any atom is -0.366 e. The number of rotatable bonds is 8. The van der Waals surface area contributed by atoms with Crippen molar-refractivity contribution in [2.45, 2.75) is 33.2 Å². The van der Waals surface area contributed by atoms with Crippen LogP contribution in [0.15, 0.2) is 78.6 Å². The Bertz CT molecular complexity index is 1200. The molecular weight excluding hydrogens is 448 g/mol. The lowest BCUT2D eigenvalue weighted by Crippen LogP contribution is -2.30. The number of nitrogens with zero attached hydrogens (tertiary/aromatic N) is 3. The molecule has 1 fully saturated rings. The molecule has 2 amide bonds. The Kier molecular flexibility index (Phi) is 8.28. The number of piperidine rings is 1. The highest BCUT2D eigenvalue weighted by atomic mass is 16.2. The van der Waals surface area contributed by atoms with Gasteiger partial charge in [-0.3, -0.25) is 19.5 Å². The van der Waals surface area contributed by atoms with E-state index in [1.165, 1.54) is 16.7 Å². The van der Waals surface area contributed by atoms with E-state index < -0.39 is 5.91 Å². The van der Waals surface area contributed by atoms with Crippen molar-refractivity contribution >= 4 is 17.4 Å². The van der Waals surface area contributed by atoms with Crippen LogP contribution in [-0.2, 0) is 6.54 Å². The molecule has 6 heteroatoms. The predicted molar refractivity (Wildman–Crippen MR) is 143 cm³/mol. The van der Waals surface area contributed by atoms with Crippen LogP contribution in [0.5, 0.6) is 0 Å². The summed E-state index contributed by atoms with van der Waals surface area (Å²) in [5.41, 5.74) is 12.6. The van der Waals surface area contributed by atoms with Crippen molar-refractivity contribution in [3.05, 3.63) is 106 Å². The molecule has 2 heterocycles.